The lowest BCUT2D eigenvalue weighted by molar-refractivity contribution is -0.142. The topological polar surface area (TPSA) is 40.5 Å². The highest BCUT2D eigenvalue weighted by Crippen LogP contribution is 2.17. The molecule has 1 heterocycles. The van der Waals surface area contributed by atoms with Gasteiger partial charge in [-0.15, -0.1) is 12.4 Å². The molecule has 1 fully saturated rings. The zero-order chi connectivity index (χ0) is 9.84. The lowest BCUT2D eigenvalue weighted by Crippen LogP contribution is -2.41. The molecule has 2 atom stereocenters. The third-order valence-corrected chi connectivity index (χ3v) is 2.87. The second-order valence-corrected chi connectivity index (χ2v) is 4.08. The van der Waals surface area contributed by atoms with Gasteiger partial charge in [-0.1, -0.05) is 13.3 Å². The average molecular weight is 222 g/mol. The maximum atomic E-state index is 10.7. The molecule has 4 heteroatoms. The first-order valence-corrected chi connectivity index (χ1v) is 5.08. The normalized spacial score (nSPS) is 25.1. The second kappa shape index (κ2) is 6.25. The number of hydrogen-bond donors (Lipinski definition) is 1. The average Bonchev–Trinajstić information content (AvgIpc) is 2.08. The van der Waals surface area contributed by atoms with E-state index in [1.807, 2.05) is 0 Å². The van der Waals surface area contributed by atoms with Gasteiger partial charge in [-0.3, -0.25) is 9.69 Å². The predicted octanol–water partition coefficient (Wildman–Crippen LogP) is 2.00. The van der Waals surface area contributed by atoms with Gasteiger partial charge in [-0.2, -0.15) is 0 Å². The molecule has 0 amide bonds. The van der Waals surface area contributed by atoms with Crippen LogP contribution in [0.1, 0.15) is 33.1 Å². The minimum Gasteiger partial charge on any atom is -0.481 e. The molecule has 1 rings (SSSR count). The summed E-state index contributed by atoms with van der Waals surface area (Å²) in [4.78, 5) is 12.9. The molecule has 0 aliphatic carbocycles. The summed E-state index contributed by atoms with van der Waals surface area (Å²) in [5.41, 5.74) is 0. The van der Waals surface area contributed by atoms with Crippen molar-refractivity contribution >= 4 is 18.4 Å². The fourth-order valence-corrected chi connectivity index (χ4v) is 1.86. The summed E-state index contributed by atoms with van der Waals surface area (Å²) in [6.07, 6.45) is 3.72. The number of aliphatic carboxylic acids is 1. The van der Waals surface area contributed by atoms with Crippen LogP contribution in [0, 0.1) is 5.92 Å². The summed E-state index contributed by atoms with van der Waals surface area (Å²) in [7, 11) is 0. The number of carboxylic acids is 1. The third-order valence-electron chi connectivity index (χ3n) is 2.87. The molecular weight excluding hydrogens is 202 g/mol. The van der Waals surface area contributed by atoms with E-state index in [0.717, 1.165) is 6.54 Å². The third kappa shape index (κ3) is 3.84. The molecule has 1 N–H and O–H groups in total. The van der Waals surface area contributed by atoms with E-state index in [-0.39, 0.29) is 18.3 Å². The summed E-state index contributed by atoms with van der Waals surface area (Å²) in [6, 6.07) is 0.565. The highest BCUT2D eigenvalue weighted by molar-refractivity contribution is 5.85. The van der Waals surface area contributed by atoms with Crippen molar-refractivity contribution in [1.29, 1.82) is 0 Å². The number of carbonyl (C=O) groups is 1. The molecule has 3 nitrogen and oxygen atoms in total. The molecule has 0 aromatic carbocycles. The largest absolute Gasteiger partial charge is 0.481 e. The van der Waals surface area contributed by atoms with E-state index in [0.29, 0.717) is 12.6 Å². The van der Waals surface area contributed by atoms with Gasteiger partial charge >= 0.3 is 5.97 Å². The van der Waals surface area contributed by atoms with Crippen LogP contribution >= 0.6 is 12.4 Å². The van der Waals surface area contributed by atoms with Gasteiger partial charge in [0.25, 0.3) is 0 Å². The number of piperidine rings is 1. The molecule has 2 unspecified atom stereocenters. The molecule has 1 aliphatic heterocycles. The molecule has 0 radical (unpaired) electrons. The van der Waals surface area contributed by atoms with Crippen molar-refractivity contribution in [2.24, 2.45) is 5.92 Å². The first kappa shape index (κ1) is 13.7. The van der Waals surface area contributed by atoms with E-state index in [1.54, 1.807) is 6.92 Å². The van der Waals surface area contributed by atoms with Crippen LogP contribution in [0.15, 0.2) is 0 Å². The molecule has 1 saturated heterocycles. The van der Waals surface area contributed by atoms with Crippen molar-refractivity contribution in [3.63, 3.8) is 0 Å². The molecule has 14 heavy (non-hydrogen) atoms. The van der Waals surface area contributed by atoms with Gasteiger partial charge in [0, 0.05) is 12.6 Å². The van der Waals surface area contributed by atoms with Crippen LogP contribution in [0.4, 0.5) is 0 Å². The van der Waals surface area contributed by atoms with Gasteiger partial charge in [0.15, 0.2) is 0 Å². The van der Waals surface area contributed by atoms with Crippen LogP contribution in [0.5, 0.6) is 0 Å². The van der Waals surface area contributed by atoms with Crippen LogP contribution in [-0.2, 0) is 4.79 Å². The van der Waals surface area contributed by atoms with Gasteiger partial charge in [-0.25, -0.2) is 0 Å². The van der Waals surface area contributed by atoms with Crippen molar-refractivity contribution in [2.45, 2.75) is 39.2 Å². The summed E-state index contributed by atoms with van der Waals surface area (Å²) in [5, 5.41) is 8.77. The maximum Gasteiger partial charge on any atom is 0.307 e. The first-order chi connectivity index (χ1) is 6.11. The fraction of sp³-hybridized carbons (Fsp3) is 0.900. The van der Waals surface area contributed by atoms with Crippen molar-refractivity contribution in [2.75, 3.05) is 13.1 Å². The Labute approximate surface area is 91.9 Å². The van der Waals surface area contributed by atoms with E-state index in [9.17, 15) is 4.79 Å². The second-order valence-electron chi connectivity index (χ2n) is 4.08. The Hall–Kier alpha value is -0.280. The Morgan fingerprint density at radius 1 is 1.57 bits per heavy atom. The maximum absolute atomic E-state index is 10.7. The van der Waals surface area contributed by atoms with Gasteiger partial charge in [-0.05, 0) is 26.3 Å². The molecule has 0 spiro atoms. The minimum absolute atomic E-state index is 0. The van der Waals surface area contributed by atoms with E-state index >= 15 is 0 Å². The molecule has 0 aromatic heterocycles. The monoisotopic (exact) mass is 221 g/mol. The number of carboxylic acid groups (broad SMARTS) is 1. The Morgan fingerprint density at radius 2 is 2.21 bits per heavy atom. The van der Waals surface area contributed by atoms with Crippen LogP contribution in [0.2, 0.25) is 0 Å². The van der Waals surface area contributed by atoms with Crippen LogP contribution in [0.25, 0.3) is 0 Å². The van der Waals surface area contributed by atoms with Crippen LogP contribution < -0.4 is 0 Å². The van der Waals surface area contributed by atoms with Crippen molar-refractivity contribution in [3.05, 3.63) is 0 Å². The van der Waals surface area contributed by atoms with Crippen LogP contribution in [-0.4, -0.2) is 35.1 Å². The summed E-state index contributed by atoms with van der Waals surface area (Å²) in [5.74, 6) is -0.918. The number of rotatable bonds is 3. The quantitative estimate of drug-likeness (QED) is 0.793. The van der Waals surface area contributed by atoms with E-state index in [2.05, 4.69) is 11.8 Å². The van der Waals surface area contributed by atoms with E-state index in [4.69, 9.17) is 5.11 Å². The summed E-state index contributed by atoms with van der Waals surface area (Å²) in [6.45, 7) is 5.74. The highest BCUT2D eigenvalue weighted by Gasteiger charge is 2.22. The lowest BCUT2D eigenvalue weighted by atomic mass is 10.0. The Morgan fingerprint density at radius 3 is 2.71 bits per heavy atom. The Kier molecular flexibility index (Phi) is 6.12. The zero-order valence-electron chi connectivity index (χ0n) is 8.90. The zero-order valence-corrected chi connectivity index (χ0v) is 9.72. The number of likely N-dealkylation sites (tertiary alicyclic amines) is 1. The standard InChI is InChI=1S/C10H19NO2.ClH/c1-8(10(12)13)7-11-6-4-3-5-9(11)2;/h8-9H,3-7H2,1-2H3,(H,12,13);1H. The summed E-state index contributed by atoms with van der Waals surface area (Å²) < 4.78 is 0. The Bertz CT molecular complexity index is 187. The molecular formula is C10H20ClNO2. The lowest BCUT2D eigenvalue weighted by Gasteiger charge is -2.34. The van der Waals surface area contributed by atoms with Gasteiger partial charge in [0.05, 0.1) is 5.92 Å². The first-order valence-electron chi connectivity index (χ1n) is 5.08. The fourth-order valence-electron chi connectivity index (χ4n) is 1.86. The molecule has 1 aliphatic rings. The number of hydrogen-bond acceptors (Lipinski definition) is 2. The van der Waals surface area contributed by atoms with Crippen LogP contribution in [0.3, 0.4) is 0 Å². The predicted molar refractivity (Wildman–Crippen MR) is 58.9 cm³/mol. The number of nitrogens with zero attached hydrogens (tertiary/aromatic N) is 1. The SMILES string of the molecule is CC(CN1CCCCC1C)C(=O)O.Cl. The Balaban J connectivity index is 0.00000169. The minimum atomic E-state index is -0.683. The van der Waals surface area contributed by atoms with E-state index in [1.165, 1.54) is 19.3 Å². The molecule has 84 valence electrons. The number of halogens is 1. The molecule has 0 aromatic rings. The smallest absolute Gasteiger partial charge is 0.307 e. The van der Waals surface area contributed by atoms with Gasteiger partial charge < -0.3 is 5.11 Å². The van der Waals surface area contributed by atoms with Crippen molar-refractivity contribution < 1.29 is 9.90 Å². The van der Waals surface area contributed by atoms with Gasteiger partial charge in [0.1, 0.15) is 0 Å². The van der Waals surface area contributed by atoms with Crippen molar-refractivity contribution in [1.82, 2.24) is 4.90 Å². The van der Waals surface area contributed by atoms with Crippen molar-refractivity contribution in [3.8, 4) is 0 Å². The highest BCUT2D eigenvalue weighted by atomic mass is 35.5. The molecule has 0 saturated carbocycles. The van der Waals surface area contributed by atoms with E-state index < -0.39 is 5.97 Å². The van der Waals surface area contributed by atoms with Gasteiger partial charge in [0.2, 0.25) is 0 Å². The summed E-state index contributed by atoms with van der Waals surface area (Å²) >= 11 is 0. The molecule has 0 bridgehead atoms.